The summed E-state index contributed by atoms with van der Waals surface area (Å²) in [5, 5.41) is 66.7. The number of hydrogen-bond donors (Lipinski definition) is 9. The first kappa shape index (κ1) is 67.8. The first-order valence-electron chi connectivity index (χ1n) is 11.7. The van der Waals surface area contributed by atoms with E-state index in [9.17, 15) is 9.59 Å². The highest BCUT2D eigenvalue weighted by molar-refractivity contribution is 5.80. The molecule has 21 nitrogen and oxygen atoms in total. The molecule has 274 valence electrons. The van der Waals surface area contributed by atoms with E-state index < -0.39 is 53.7 Å². The van der Waals surface area contributed by atoms with Crippen molar-refractivity contribution in [2.75, 3.05) is 6.61 Å². The average molecular weight is 685 g/mol. The molecule has 0 bridgehead atoms. The second-order valence-electron chi connectivity index (χ2n) is 6.68. The van der Waals surface area contributed by atoms with Crippen molar-refractivity contribution in [3.05, 3.63) is 0 Å². The van der Waals surface area contributed by atoms with Crippen molar-refractivity contribution in [2.24, 2.45) is 0 Å². The quantitative estimate of drug-likeness (QED) is 0.190. The molecule has 46 heavy (non-hydrogen) atoms. The van der Waals surface area contributed by atoms with E-state index in [0.29, 0.717) is 13.0 Å². The molecule has 0 saturated heterocycles. The van der Waals surface area contributed by atoms with Crippen molar-refractivity contribution in [1.82, 2.24) is 0 Å². The van der Waals surface area contributed by atoms with E-state index in [1.54, 1.807) is 6.92 Å². The van der Waals surface area contributed by atoms with Crippen LogP contribution in [0.25, 0.3) is 0 Å². The zero-order valence-electron chi connectivity index (χ0n) is 27.5. The van der Waals surface area contributed by atoms with E-state index >= 15 is 0 Å². The number of Topliss-reactive ketones (excluding diaryl/α,β-unsaturated/α-hetero) is 1. The largest absolute Gasteiger partial charge is 0.481 e. The predicted octanol–water partition coefficient (Wildman–Crippen LogP) is 1.74. The van der Waals surface area contributed by atoms with Gasteiger partial charge in [-0.3, -0.25) is 47.9 Å². The molecule has 21 heteroatoms. The third kappa shape index (κ3) is 9540. The van der Waals surface area contributed by atoms with Crippen LogP contribution in [-0.2, 0) is 57.5 Å². The van der Waals surface area contributed by atoms with Crippen molar-refractivity contribution < 1.29 is 103 Å². The van der Waals surface area contributed by atoms with Crippen molar-refractivity contribution in [1.29, 1.82) is 0 Å². The minimum absolute atomic E-state index is 0.0213. The van der Waals surface area contributed by atoms with Gasteiger partial charge in [-0.25, -0.2) is 0 Å². The molecule has 0 aliphatic heterocycles. The van der Waals surface area contributed by atoms with Gasteiger partial charge in [0.05, 0.1) is 13.0 Å². The Balaban J connectivity index is -0.0000000402. The van der Waals surface area contributed by atoms with Crippen LogP contribution < -0.4 is 0 Å². The van der Waals surface area contributed by atoms with E-state index in [-0.39, 0.29) is 18.2 Å². The summed E-state index contributed by atoms with van der Waals surface area (Å²) in [4.78, 5) is 102. The van der Waals surface area contributed by atoms with Gasteiger partial charge in [-0.05, 0) is 13.8 Å². The van der Waals surface area contributed by atoms with Crippen LogP contribution in [0.4, 0.5) is 0 Å². The lowest BCUT2D eigenvalue weighted by atomic mass is 10.2. The van der Waals surface area contributed by atoms with Crippen molar-refractivity contribution >= 4 is 65.5 Å². The van der Waals surface area contributed by atoms with Crippen LogP contribution in [0.1, 0.15) is 89.0 Å². The maximum atomic E-state index is 10.6. The van der Waals surface area contributed by atoms with Crippen LogP contribution in [0.5, 0.6) is 0 Å². The Morgan fingerprint density at radius 3 is 0.565 bits per heavy atom. The molecule has 0 saturated carbocycles. The van der Waals surface area contributed by atoms with Crippen LogP contribution in [0.3, 0.4) is 0 Å². The number of carboxylic acid groups (broad SMARTS) is 9. The molecule has 0 spiro atoms. The summed E-state index contributed by atoms with van der Waals surface area (Å²) >= 11 is 0. The Bertz CT molecular complexity index is 653. The lowest BCUT2D eigenvalue weighted by Gasteiger charge is -1.97. The fraction of sp³-hybridized carbons (Fsp3) is 0.560. The third-order valence-electron chi connectivity index (χ3n) is 0.987. The Morgan fingerprint density at radius 2 is 0.478 bits per heavy atom. The highest BCUT2D eigenvalue weighted by Gasteiger charge is 2.02. The van der Waals surface area contributed by atoms with Gasteiger partial charge in [0.25, 0.3) is 53.7 Å². The van der Waals surface area contributed by atoms with Gasteiger partial charge in [-0.2, -0.15) is 0 Å². The predicted molar refractivity (Wildman–Crippen MR) is 156 cm³/mol. The zero-order chi connectivity index (χ0) is 40.2. The van der Waals surface area contributed by atoms with E-state index in [1.807, 2.05) is 0 Å². The third-order valence-corrected chi connectivity index (χ3v) is 0.987. The Hall–Kier alpha value is -5.63. The van der Waals surface area contributed by atoms with Crippen molar-refractivity contribution in [3.63, 3.8) is 0 Å². The first-order valence-corrected chi connectivity index (χ1v) is 11.7. The second kappa shape index (κ2) is 58.9. The standard InChI is InChI=1S/C7H12O3.9C2H4O2/c1-3-10-7(9)5-4-6(2)8;9*1-2(3)4/h3-5H2,1-2H3;9*1H3,(H,3,4). The Morgan fingerprint density at radius 1 is 0.348 bits per heavy atom. The van der Waals surface area contributed by atoms with Gasteiger partial charge in [0.1, 0.15) is 5.78 Å². The van der Waals surface area contributed by atoms with Crippen LogP contribution >= 0.6 is 0 Å². The van der Waals surface area contributed by atoms with Gasteiger partial charge in [0.2, 0.25) is 0 Å². The van der Waals surface area contributed by atoms with Gasteiger partial charge in [-0.1, -0.05) is 0 Å². The Kier molecular flexibility index (Phi) is 86.9. The molecule has 0 aromatic heterocycles. The summed E-state index contributed by atoms with van der Waals surface area (Å²) < 4.78 is 4.60. The van der Waals surface area contributed by atoms with E-state index in [0.717, 1.165) is 62.3 Å². The molecule has 0 fully saturated rings. The van der Waals surface area contributed by atoms with Gasteiger partial charge in [-0.15, -0.1) is 0 Å². The number of rotatable bonds is 4. The number of carbonyl (C=O) groups is 11. The normalized spacial score (nSPS) is 6.85. The molecule has 0 amide bonds. The summed E-state index contributed by atoms with van der Waals surface area (Å²) in [6, 6.07) is 0. The second-order valence-corrected chi connectivity index (χ2v) is 6.68. The van der Waals surface area contributed by atoms with E-state index in [2.05, 4.69) is 4.74 Å². The summed E-state index contributed by atoms with van der Waals surface area (Å²) in [7, 11) is 0. The molecule has 0 aromatic carbocycles. The number of carbonyl (C=O) groups excluding carboxylic acids is 2. The summed E-state index contributed by atoms with van der Waals surface area (Å²) in [5.41, 5.74) is 0. The molecular formula is C25H48O21. The van der Waals surface area contributed by atoms with Crippen LogP contribution in [0, 0.1) is 0 Å². The number of ketones is 1. The van der Waals surface area contributed by atoms with Gasteiger partial charge in [0, 0.05) is 68.7 Å². The average Bonchev–Trinajstić information content (AvgIpc) is 2.69. The number of ether oxygens (including phenoxy) is 1. The molecule has 0 unspecified atom stereocenters. The molecule has 0 heterocycles. The van der Waals surface area contributed by atoms with Crippen molar-refractivity contribution in [3.8, 4) is 0 Å². The molecular weight excluding hydrogens is 636 g/mol. The summed E-state index contributed by atoms with van der Waals surface area (Å²) in [6.45, 7) is 13.3. The molecule has 9 N–H and O–H groups in total. The van der Waals surface area contributed by atoms with Crippen LogP contribution in [0.15, 0.2) is 0 Å². The minimum Gasteiger partial charge on any atom is -0.481 e. The molecule has 0 aliphatic rings. The maximum absolute atomic E-state index is 10.6. The van der Waals surface area contributed by atoms with Crippen molar-refractivity contribution in [2.45, 2.75) is 89.0 Å². The fourth-order valence-electron chi connectivity index (χ4n) is 0.511. The number of aliphatic carboxylic acids is 9. The minimum atomic E-state index is -0.833. The van der Waals surface area contributed by atoms with E-state index in [1.165, 1.54) is 6.92 Å². The van der Waals surface area contributed by atoms with Gasteiger partial charge < -0.3 is 55.5 Å². The molecule has 0 atom stereocenters. The van der Waals surface area contributed by atoms with Crippen LogP contribution in [0.2, 0.25) is 0 Å². The smallest absolute Gasteiger partial charge is 0.306 e. The summed E-state index contributed by atoms with van der Waals surface area (Å²) in [6.07, 6.45) is 0.502. The Labute approximate surface area is 265 Å². The van der Waals surface area contributed by atoms with E-state index in [4.69, 9.17) is 89.1 Å². The van der Waals surface area contributed by atoms with Gasteiger partial charge in [0.15, 0.2) is 0 Å². The first-order chi connectivity index (χ1) is 20.3. The number of esters is 1. The maximum Gasteiger partial charge on any atom is 0.306 e. The number of hydrogen-bond acceptors (Lipinski definition) is 12. The molecule has 0 radical (unpaired) electrons. The molecule has 0 aliphatic carbocycles. The molecule has 0 aromatic rings. The lowest BCUT2D eigenvalue weighted by molar-refractivity contribution is -0.144. The molecule has 0 rings (SSSR count). The fourth-order valence-corrected chi connectivity index (χ4v) is 0.511. The topological polar surface area (TPSA) is 379 Å². The summed E-state index contributed by atoms with van der Waals surface area (Å²) in [5.74, 6) is -7.77. The highest BCUT2D eigenvalue weighted by Crippen LogP contribution is 1.92. The van der Waals surface area contributed by atoms with Gasteiger partial charge >= 0.3 is 5.97 Å². The SMILES string of the molecule is CC(=O)O.CC(=O)O.CC(=O)O.CC(=O)O.CC(=O)O.CC(=O)O.CC(=O)O.CC(=O)O.CC(=O)O.CCOC(=O)CCC(C)=O. The zero-order valence-corrected chi connectivity index (χ0v) is 27.5. The number of carboxylic acids is 9. The lowest BCUT2D eigenvalue weighted by Crippen LogP contribution is -2.05. The monoisotopic (exact) mass is 684 g/mol. The van der Waals surface area contributed by atoms with Crippen LogP contribution in [-0.4, -0.2) is 118 Å². The highest BCUT2D eigenvalue weighted by atomic mass is 16.5.